The summed E-state index contributed by atoms with van der Waals surface area (Å²) in [4.78, 5) is 20.9. The average molecular weight is 190 g/mol. The number of rotatable bonds is 5. The standard InChI is InChI=1S/C7H14N2O4/c1-5(4-13-2)9-7(12)8-3-6(10)11/h5H,3-4H2,1-2H3,(H,10,11)(H2,8,9,12). The van der Waals surface area contributed by atoms with Gasteiger partial charge in [0.1, 0.15) is 6.54 Å². The second-order valence-corrected chi connectivity index (χ2v) is 2.58. The minimum atomic E-state index is -1.07. The highest BCUT2D eigenvalue weighted by atomic mass is 16.5. The van der Waals surface area contributed by atoms with E-state index in [9.17, 15) is 9.59 Å². The van der Waals surface area contributed by atoms with Crippen molar-refractivity contribution in [2.75, 3.05) is 20.3 Å². The largest absolute Gasteiger partial charge is 0.480 e. The number of urea groups is 1. The lowest BCUT2D eigenvalue weighted by Gasteiger charge is -2.12. The third-order valence-electron chi connectivity index (χ3n) is 1.19. The van der Waals surface area contributed by atoms with Crippen LogP contribution < -0.4 is 10.6 Å². The van der Waals surface area contributed by atoms with E-state index in [1.165, 1.54) is 7.11 Å². The quantitative estimate of drug-likeness (QED) is 0.540. The van der Waals surface area contributed by atoms with Crippen molar-refractivity contribution in [1.29, 1.82) is 0 Å². The molecule has 3 N–H and O–H groups in total. The molecule has 13 heavy (non-hydrogen) atoms. The van der Waals surface area contributed by atoms with Crippen molar-refractivity contribution in [2.24, 2.45) is 0 Å². The molecule has 0 aromatic heterocycles. The number of ether oxygens (including phenoxy) is 1. The summed E-state index contributed by atoms with van der Waals surface area (Å²) < 4.78 is 4.77. The van der Waals surface area contributed by atoms with Crippen molar-refractivity contribution in [3.8, 4) is 0 Å². The number of carbonyl (C=O) groups is 2. The fraction of sp³-hybridized carbons (Fsp3) is 0.714. The summed E-state index contributed by atoms with van der Waals surface area (Å²) in [6.07, 6.45) is 0. The maximum atomic E-state index is 10.9. The number of carboxylic acids is 1. The van der Waals surface area contributed by atoms with E-state index in [1.807, 2.05) is 0 Å². The highest BCUT2D eigenvalue weighted by Crippen LogP contribution is 1.81. The molecule has 0 bridgehead atoms. The van der Waals surface area contributed by atoms with Crippen molar-refractivity contribution in [2.45, 2.75) is 13.0 Å². The van der Waals surface area contributed by atoms with E-state index in [0.29, 0.717) is 6.61 Å². The number of carboxylic acid groups (broad SMARTS) is 1. The summed E-state index contributed by atoms with van der Waals surface area (Å²) in [5.41, 5.74) is 0. The lowest BCUT2D eigenvalue weighted by molar-refractivity contribution is -0.135. The number of carbonyl (C=O) groups excluding carboxylic acids is 1. The van der Waals surface area contributed by atoms with Crippen molar-refractivity contribution in [3.05, 3.63) is 0 Å². The molecule has 0 heterocycles. The van der Waals surface area contributed by atoms with Gasteiger partial charge in [-0.1, -0.05) is 0 Å². The molecule has 76 valence electrons. The van der Waals surface area contributed by atoms with Crippen LogP contribution >= 0.6 is 0 Å². The van der Waals surface area contributed by atoms with Crippen molar-refractivity contribution < 1.29 is 19.4 Å². The fourth-order valence-corrected chi connectivity index (χ4v) is 0.722. The summed E-state index contributed by atoms with van der Waals surface area (Å²) in [6, 6.07) is -0.647. The van der Waals surface area contributed by atoms with Gasteiger partial charge in [0.25, 0.3) is 0 Å². The third-order valence-corrected chi connectivity index (χ3v) is 1.19. The summed E-state index contributed by atoms with van der Waals surface area (Å²) >= 11 is 0. The molecule has 6 nitrogen and oxygen atoms in total. The predicted octanol–water partition coefficient (Wildman–Crippen LogP) is -0.595. The molecule has 6 heteroatoms. The lowest BCUT2D eigenvalue weighted by atomic mass is 10.4. The minimum absolute atomic E-state index is 0.140. The number of amides is 2. The van der Waals surface area contributed by atoms with Gasteiger partial charge in [0.2, 0.25) is 0 Å². The van der Waals surface area contributed by atoms with Gasteiger partial charge in [-0.05, 0) is 6.92 Å². The van der Waals surface area contributed by atoms with E-state index in [4.69, 9.17) is 9.84 Å². The van der Waals surface area contributed by atoms with E-state index in [0.717, 1.165) is 0 Å². The van der Waals surface area contributed by atoms with Crippen molar-refractivity contribution in [1.82, 2.24) is 10.6 Å². The maximum Gasteiger partial charge on any atom is 0.323 e. The van der Waals surface area contributed by atoms with E-state index in [-0.39, 0.29) is 12.6 Å². The van der Waals surface area contributed by atoms with Crippen LogP contribution in [-0.2, 0) is 9.53 Å². The molecule has 0 aromatic rings. The second kappa shape index (κ2) is 6.24. The molecule has 1 unspecified atom stereocenters. The van der Waals surface area contributed by atoms with Crippen LogP contribution in [0.2, 0.25) is 0 Å². The predicted molar refractivity (Wildman–Crippen MR) is 45.5 cm³/mol. The fourth-order valence-electron chi connectivity index (χ4n) is 0.722. The van der Waals surface area contributed by atoms with Crippen molar-refractivity contribution >= 4 is 12.0 Å². The van der Waals surface area contributed by atoms with Crippen LogP contribution in [0.5, 0.6) is 0 Å². The number of methoxy groups -OCH3 is 1. The summed E-state index contributed by atoms with van der Waals surface area (Å²) in [6.45, 7) is 1.76. The number of aliphatic carboxylic acids is 1. The van der Waals surface area contributed by atoms with Gasteiger partial charge < -0.3 is 20.5 Å². The molecule has 0 radical (unpaired) electrons. The zero-order chi connectivity index (χ0) is 10.3. The van der Waals surface area contributed by atoms with Gasteiger partial charge >= 0.3 is 12.0 Å². The molecule has 1 atom stereocenters. The van der Waals surface area contributed by atoms with Gasteiger partial charge in [0.05, 0.1) is 12.6 Å². The Balaban J connectivity index is 3.55. The Morgan fingerprint density at radius 1 is 1.54 bits per heavy atom. The number of hydrogen-bond acceptors (Lipinski definition) is 3. The molecule has 0 rings (SSSR count). The maximum absolute atomic E-state index is 10.9. The Morgan fingerprint density at radius 3 is 2.62 bits per heavy atom. The van der Waals surface area contributed by atoms with Crippen LogP contribution in [0, 0.1) is 0 Å². The second-order valence-electron chi connectivity index (χ2n) is 2.58. The Hall–Kier alpha value is -1.30. The molecule has 0 aliphatic carbocycles. The first-order chi connectivity index (χ1) is 6.06. The Bertz CT molecular complexity index is 183. The first-order valence-electron chi connectivity index (χ1n) is 3.81. The van der Waals surface area contributed by atoms with Gasteiger partial charge in [-0.15, -0.1) is 0 Å². The van der Waals surface area contributed by atoms with Crippen LogP contribution in [0.4, 0.5) is 4.79 Å². The first kappa shape index (κ1) is 11.7. The van der Waals surface area contributed by atoms with Crippen LogP contribution in [-0.4, -0.2) is 43.4 Å². The molecular formula is C7H14N2O4. The molecular weight excluding hydrogens is 176 g/mol. The van der Waals surface area contributed by atoms with E-state index >= 15 is 0 Å². The SMILES string of the molecule is COCC(C)NC(=O)NCC(=O)O. The Labute approximate surface area is 76.3 Å². The molecule has 0 fully saturated rings. The average Bonchev–Trinajstić information content (AvgIpc) is 2.01. The Kier molecular flexibility index (Phi) is 5.62. The first-order valence-corrected chi connectivity index (χ1v) is 3.81. The van der Waals surface area contributed by atoms with Gasteiger partial charge in [-0.2, -0.15) is 0 Å². The van der Waals surface area contributed by atoms with Crippen LogP contribution in [0.25, 0.3) is 0 Å². The normalized spacial score (nSPS) is 11.8. The smallest absolute Gasteiger partial charge is 0.323 e. The van der Waals surface area contributed by atoms with Gasteiger partial charge in [-0.25, -0.2) is 4.79 Å². The molecule has 0 saturated heterocycles. The third kappa shape index (κ3) is 7.07. The topological polar surface area (TPSA) is 87.7 Å². The number of hydrogen-bond donors (Lipinski definition) is 3. The molecule has 0 aliphatic heterocycles. The minimum Gasteiger partial charge on any atom is -0.480 e. The monoisotopic (exact) mass is 190 g/mol. The molecule has 2 amide bonds. The van der Waals surface area contributed by atoms with Crippen LogP contribution in [0.1, 0.15) is 6.92 Å². The van der Waals surface area contributed by atoms with Crippen LogP contribution in [0.3, 0.4) is 0 Å². The number of nitrogens with one attached hydrogen (secondary N) is 2. The highest BCUT2D eigenvalue weighted by Gasteiger charge is 2.06. The van der Waals surface area contributed by atoms with E-state index in [1.54, 1.807) is 6.92 Å². The molecule has 0 saturated carbocycles. The van der Waals surface area contributed by atoms with Gasteiger partial charge in [-0.3, -0.25) is 4.79 Å². The summed E-state index contributed by atoms with van der Waals surface area (Å²) in [5.74, 6) is -1.07. The molecule has 0 aliphatic rings. The Morgan fingerprint density at radius 2 is 2.15 bits per heavy atom. The highest BCUT2D eigenvalue weighted by molar-refractivity contribution is 5.79. The van der Waals surface area contributed by atoms with Crippen molar-refractivity contribution in [3.63, 3.8) is 0 Å². The van der Waals surface area contributed by atoms with Gasteiger partial charge in [0, 0.05) is 7.11 Å². The zero-order valence-electron chi connectivity index (χ0n) is 7.66. The summed E-state index contributed by atoms with van der Waals surface area (Å²) in [7, 11) is 1.52. The van der Waals surface area contributed by atoms with E-state index in [2.05, 4.69) is 10.6 Å². The van der Waals surface area contributed by atoms with E-state index < -0.39 is 12.0 Å². The van der Waals surface area contributed by atoms with Crippen LogP contribution in [0.15, 0.2) is 0 Å². The summed E-state index contributed by atoms with van der Waals surface area (Å²) in [5, 5.41) is 12.9. The lowest BCUT2D eigenvalue weighted by Crippen LogP contribution is -2.44. The molecule has 0 aromatic carbocycles. The van der Waals surface area contributed by atoms with Gasteiger partial charge in [0.15, 0.2) is 0 Å². The zero-order valence-corrected chi connectivity index (χ0v) is 7.66. The molecule has 0 spiro atoms.